The maximum absolute atomic E-state index is 8.53. The Morgan fingerprint density at radius 2 is 2.60 bits per heavy atom. The molecule has 0 amide bonds. The monoisotopic (exact) mass is 136 g/mol. The van der Waals surface area contributed by atoms with Crippen molar-refractivity contribution in [3.8, 4) is 6.07 Å². The van der Waals surface area contributed by atoms with Crippen LogP contribution < -0.4 is 5.73 Å². The molecule has 0 unspecified atom stereocenters. The summed E-state index contributed by atoms with van der Waals surface area (Å²) in [4.78, 5) is 0. The van der Waals surface area contributed by atoms with E-state index in [1.165, 1.54) is 6.20 Å². The fourth-order valence-corrected chi connectivity index (χ4v) is 0.762. The summed E-state index contributed by atoms with van der Waals surface area (Å²) in [5.41, 5.74) is 6.32. The van der Waals surface area contributed by atoms with Gasteiger partial charge in [0.2, 0.25) is 0 Å². The fourth-order valence-electron chi connectivity index (χ4n) is 0.762. The highest BCUT2D eigenvalue weighted by Crippen LogP contribution is 2.07. The molecule has 0 saturated heterocycles. The number of nitrogen functional groups attached to an aromatic ring is 1. The Labute approximate surface area is 58.9 Å². The van der Waals surface area contributed by atoms with Crippen LogP contribution in [0.4, 0.5) is 5.69 Å². The minimum atomic E-state index is 0.447. The first-order valence-electron chi connectivity index (χ1n) is 3.01. The molecule has 0 aliphatic carbocycles. The molecule has 0 atom stereocenters. The van der Waals surface area contributed by atoms with Crippen LogP contribution in [-0.2, 0) is 6.54 Å². The van der Waals surface area contributed by atoms with Crippen LogP contribution in [-0.4, -0.2) is 9.78 Å². The molecule has 0 bridgehead atoms. The topological polar surface area (TPSA) is 67.6 Å². The predicted molar refractivity (Wildman–Crippen MR) is 37.0 cm³/mol. The van der Waals surface area contributed by atoms with E-state index < -0.39 is 0 Å². The number of hydrogen-bond acceptors (Lipinski definition) is 3. The molecule has 0 aliphatic heterocycles. The Morgan fingerprint density at radius 1 is 1.90 bits per heavy atom. The summed E-state index contributed by atoms with van der Waals surface area (Å²) >= 11 is 0. The maximum atomic E-state index is 8.53. The largest absolute Gasteiger partial charge is 0.395 e. The van der Waals surface area contributed by atoms with Crippen LogP contribution in [0.2, 0.25) is 0 Å². The Morgan fingerprint density at radius 3 is 3.00 bits per heavy atom. The van der Waals surface area contributed by atoms with Crippen LogP contribution in [0.1, 0.15) is 12.6 Å². The Kier molecular flexibility index (Phi) is 1.59. The average Bonchev–Trinajstić information content (AvgIpc) is 2.30. The molecule has 4 nitrogen and oxygen atoms in total. The van der Waals surface area contributed by atoms with E-state index in [0.717, 1.165) is 0 Å². The van der Waals surface area contributed by atoms with Gasteiger partial charge in [0.05, 0.1) is 11.9 Å². The summed E-state index contributed by atoms with van der Waals surface area (Å²) in [7, 11) is 0. The molecule has 1 aromatic heterocycles. The number of anilines is 1. The second-order valence-corrected chi connectivity index (χ2v) is 1.88. The second-order valence-electron chi connectivity index (χ2n) is 1.88. The molecule has 1 heterocycles. The van der Waals surface area contributed by atoms with Gasteiger partial charge in [0.15, 0.2) is 5.69 Å². The third-order valence-corrected chi connectivity index (χ3v) is 1.27. The highest BCUT2D eigenvalue weighted by molar-refractivity contribution is 5.48. The lowest BCUT2D eigenvalue weighted by atomic mass is 10.4. The van der Waals surface area contributed by atoms with Crippen LogP contribution in [0.15, 0.2) is 6.20 Å². The number of nitrogens with zero attached hydrogens (tertiary/aromatic N) is 3. The maximum Gasteiger partial charge on any atom is 0.161 e. The molecule has 4 heteroatoms. The van der Waals surface area contributed by atoms with Crippen molar-refractivity contribution in [3.63, 3.8) is 0 Å². The molecule has 0 saturated carbocycles. The molecule has 0 aliphatic rings. The van der Waals surface area contributed by atoms with Crippen molar-refractivity contribution >= 4 is 5.69 Å². The molecule has 2 N–H and O–H groups in total. The van der Waals surface area contributed by atoms with Gasteiger partial charge >= 0.3 is 0 Å². The van der Waals surface area contributed by atoms with Crippen molar-refractivity contribution in [2.75, 3.05) is 5.73 Å². The summed E-state index contributed by atoms with van der Waals surface area (Å²) in [5.74, 6) is 0. The van der Waals surface area contributed by atoms with Crippen LogP contribution in [0.5, 0.6) is 0 Å². The van der Waals surface area contributed by atoms with Gasteiger partial charge in [-0.25, -0.2) is 0 Å². The Hall–Kier alpha value is -1.50. The predicted octanol–water partition coefficient (Wildman–Crippen LogP) is 0.357. The number of hydrogen-bond donors (Lipinski definition) is 1. The normalized spacial score (nSPS) is 9.20. The lowest BCUT2D eigenvalue weighted by Crippen LogP contribution is -2.00. The summed E-state index contributed by atoms with van der Waals surface area (Å²) in [6.07, 6.45) is 1.49. The standard InChI is InChI=1S/C6H8N4/c1-2-10-6(3-7)5(8)4-9-10/h4H,2,8H2,1H3. The third-order valence-electron chi connectivity index (χ3n) is 1.27. The van der Waals surface area contributed by atoms with E-state index in [9.17, 15) is 0 Å². The zero-order chi connectivity index (χ0) is 7.56. The first kappa shape index (κ1) is 6.62. The highest BCUT2D eigenvalue weighted by atomic mass is 15.3. The first-order valence-corrected chi connectivity index (χ1v) is 3.01. The van der Waals surface area contributed by atoms with Crippen LogP contribution in [0.25, 0.3) is 0 Å². The lowest BCUT2D eigenvalue weighted by Gasteiger charge is -1.94. The zero-order valence-electron chi connectivity index (χ0n) is 5.70. The van der Waals surface area contributed by atoms with Gasteiger partial charge in [0.1, 0.15) is 6.07 Å². The molecule has 0 spiro atoms. The number of rotatable bonds is 1. The number of aromatic nitrogens is 2. The minimum Gasteiger partial charge on any atom is -0.395 e. The number of nitriles is 1. The van der Waals surface area contributed by atoms with Gasteiger partial charge < -0.3 is 5.73 Å². The van der Waals surface area contributed by atoms with Gasteiger partial charge in [-0.3, -0.25) is 4.68 Å². The molecule has 10 heavy (non-hydrogen) atoms. The smallest absolute Gasteiger partial charge is 0.161 e. The van der Waals surface area contributed by atoms with Crippen molar-refractivity contribution in [2.45, 2.75) is 13.5 Å². The van der Waals surface area contributed by atoms with Crippen LogP contribution in [0.3, 0.4) is 0 Å². The van der Waals surface area contributed by atoms with E-state index in [0.29, 0.717) is 17.9 Å². The molecular weight excluding hydrogens is 128 g/mol. The minimum absolute atomic E-state index is 0.447. The van der Waals surface area contributed by atoms with E-state index >= 15 is 0 Å². The van der Waals surface area contributed by atoms with Crippen molar-refractivity contribution in [2.24, 2.45) is 0 Å². The number of nitrogens with two attached hydrogens (primary N) is 1. The second kappa shape index (κ2) is 2.40. The summed E-state index contributed by atoms with van der Waals surface area (Å²) < 4.78 is 1.56. The van der Waals surface area contributed by atoms with Gasteiger partial charge in [-0.05, 0) is 6.92 Å². The van der Waals surface area contributed by atoms with E-state index in [4.69, 9.17) is 11.0 Å². The number of aryl methyl sites for hydroxylation is 1. The molecule has 0 radical (unpaired) electrons. The average molecular weight is 136 g/mol. The molecule has 52 valence electrons. The van der Waals surface area contributed by atoms with Gasteiger partial charge in [0, 0.05) is 6.54 Å². The quantitative estimate of drug-likeness (QED) is 0.606. The molecular formula is C6H8N4. The van der Waals surface area contributed by atoms with Gasteiger partial charge in [0.25, 0.3) is 0 Å². The first-order chi connectivity index (χ1) is 4.79. The lowest BCUT2D eigenvalue weighted by molar-refractivity contribution is 0.651. The van der Waals surface area contributed by atoms with E-state index in [1.54, 1.807) is 4.68 Å². The fraction of sp³-hybridized carbons (Fsp3) is 0.333. The molecule has 1 rings (SSSR count). The SMILES string of the molecule is CCn1ncc(N)c1C#N. The summed E-state index contributed by atoms with van der Waals surface area (Å²) in [6.45, 7) is 2.59. The van der Waals surface area contributed by atoms with Crippen LogP contribution in [0, 0.1) is 11.3 Å². The van der Waals surface area contributed by atoms with Crippen molar-refractivity contribution < 1.29 is 0 Å². The Bertz CT molecular complexity index is 268. The van der Waals surface area contributed by atoms with E-state index in [1.807, 2.05) is 13.0 Å². The van der Waals surface area contributed by atoms with Crippen molar-refractivity contribution in [3.05, 3.63) is 11.9 Å². The molecule has 0 aromatic carbocycles. The summed E-state index contributed by atoms with van der Waals surface area (Å²) in [5, 5.41) is 12.4. The highest BCUT2D eigenvalue weighted by Gasteiger charge is 2.03. The van der Waals surface area contributed by atoms with E-state index in [2.05, 4.69) is 5.10 Å². The van der Waals surface area contributed by atoms with Gasteiger partial charge in [-0.1, -0.05) is 0 Å². The Balaban J connectivity index is 3.17. The van der Waals surface area contributed by atoms with E-state index in [-0.39, 0.29) is 0 Å². The third kappa shape index (κ3) is 0.818. The molecule has 1 aromatic rings. The van der Waals surface area contributed by atoms with Crippen LogP contribution >= 0.6 is 0 Å². The zero-order valence-corrected chi connectivity index (χ0v) is 5.70. The van der Waals surface area contributed by atoms with Crippen molar-refractivity contribution in [1.29, 1.82) is 5.26 Å². The summed E-state index contributed by atoms with van der Waals surface area (Å²) in [6, 6.07) is 1.97. The van der Waals surface area contributed by atoms with Gasteiger partial charge in [-0.2, -0.15) is 10.4 Å². The van der Waals surface area contributed by atoms with Gasteiger partial charge in [-0.15, -0.1) is 0 Å². The van der Waals surface area contributed by atoms with Crippen molar-refractivity contribution in [1.82, 2.24) is 9.78 Å². The molecule has 0 fully saturated rings.